The van der Waals surface area contributed by atoms with Gasteiger partial charge >= 0.3 is 0 Å². The molecule has 3 rings (SSSR count). The maximum Gasteiger partial charge on any atom is 0.258 e. The molecule has 1 aromatic heterocycles. The fourth-order valence-corrected chi connectivity index (χ4v) is 2.33. The number of aromatic nitrogens is 1. The van der Waals surface area contributed by atoms with Gasteiger partial charge in [0.05, 0.1) is 6.54 Å². The van der Waals surface area contributed by atoms with Gasteiger partial charge in [-0.15, -0.1) is 0 Å². The zero-order valence-electron chi connectivity index (χ0n) is 10.6. The number of benzene rings is 1. The summed E-state index contributed by atoms with van der Waals surface area (Å²) < 4.78 is 1.60. The molecule has 18 heavy (non-hydrogen) atoms. The summed E-state index contributed by atoms with van der Waals surface area (Å²) in [6.45, 7) is 1.81. The van der Waals surface area contributed by atoms with Gasteiger partial charge in [-0.2, -0.15) is 0 Å². The molecule has 1 aromatic carbocycles. The van der Waals surface area contributed by atoms with Crippen LogP contribution in [0.3, 0.4) is 0 Å². The second-order valence-electron chi connectivity index (χ2n) is 4.66. The van der Waals surface area contributed by atoms with E-state index in [0.29, 0.717) is 0 Å². The normalized spacial score (nSPS) is 15.2. The molecule has 4 nitrogen and oxygen atoms in total. The van der Waals surface area contributed by atoms with E-state index in [9.17, 15) is 4.79 Å². The van der Waals surface area contributed by atoms with Crippen LogP contribution in [0, 0.1) is 0 Å². The largest absolute Gasteiger partial charge is 0.358 e. The van der Waals surface area contributed by atoms with E-state index in [1.807, 2.05) is 31.3 Å². The topological polar surface area (TPSA) is 37.6 Å². The Morgan fingerprint density at radius 2 is 2.06 bits per heavy atom. The van der Waals surface area contributed by atoms with Gasteiger partial charge in [-0.05, 0) is 23.6 Å². The molecule has 0 radical (unpaired) electrons. The molecule has 2 heterocycles. The molecule has 0 amide bonds. The number of pyridine rings is 1. The van der Waals surface area contributed by atoms with Crippen molar-refractivity contribution in [1.29, 1.82) is 0 Å². The molecule has 0 N–H and O–H groups in total. The van der Waals surface area contributed by atoms with Gasteiger partial charge in [-0.25, -0.2) is 0 Å². The third-order valence-electron chi connectivity index (χ3n) is 3.40. The molecule has 0 spiro atoms. The van der Waals surface area contributed by atoms with Crippen molar-refractivity contribution in [2.75, 3.05) is 20.1 Å². The minimum atomic E-state index is 0.0424. The zero-order chi connectivity index (χ0) is 12.7. The third kappa shape index (κ3) is 1.61. The number of nitrogens with zero attached hydrogens (tertiary/aromatic N) is 3. The molecular formula is C14H15N3O. The maximum atomic E-state index is 11.9. The lowest BCUT2D eigenvalue weighted by Gasteiger charge is -2.14. The first kappa shape index (κ1) is 11.0. The number of aryl methyl sites for hydroxylation is 1. The van der Waals surface area contributed by atoms with E-state index in [0.717, 1.165) is 35.3 Å². The van der Waals surface area contributed by atoms with Crippen LogP contribution in [-0.4, -0.2) is 35.4 Å². The van der Waals surface area contributed by atoms with Crippen molar-refractivity contribution in [2.45, 2.75) is 0 Å². The van der Waals surface area contributed by atoms with Gasteiger partial charge in [0.25, 0.3) is 5.56 Å². The highest BCUT2D eigenvalue weighted by Gasteiger charge is 2.14. The molecule has 0 atom stereocenters. The van der Waals surface area contributed by atoms with Crippen molar-refractivity contribution in [3.63, 3.8) is 0 Å². The lowest BCUT2D eigenvalue weighted by molar-refractivity contribution is 0.557. The second kappa shape index (κ2) is 3.98. The van der Waals surface area contributed by atoms with E-state index in [-0.39, 0.29) is 5.56 Å². The van der Waals surface area contributed by atoms with Gasteiger partial charge < -0.3 is 9.47 Å². The first-order chi connectivity index (χ1) is 8.66. The average molecular weight is 241 g/mol. The van der Waals surface area contributed by atoms with Crippen molar-refractivity contribution in [3.05, 3.63) is 46.4 Å². The Bertz CT molecular complexity index is 700. The quantitative estimate of drug-likeness (QED) is 0.753. The van der Waals surface area contributed by atoms with E-state index in [4.69, 9.17) is 0 Å². The van der Waals surface area contributed by atoms with Crippen LogP contribution < -0.4 is 5.56 Å². The Morgan fingerprint density at radius 1 is 1.22 bits per heavy atom. The molecule has 0 fully saturated rings. The molecule has 0 aliphatic carbocycles. The van der Waals surface area contributed by atoms with Crippen molar-refractivity contribution in [2.24, 2.45) is 12.0 Å². The molecule has 2 aromatic rings. The van der Waals surface area contributed by atoms with E-state index >= 15 is 0 Å². The first-order valence-electron chi connectivity index (χ1n) is 6.02. The SMILES string of the molecule is CN1CCN=C1c1ccc2c(=O)n(C)ccc2c1. The summed E-state index contributed by atoms with van der Waals surface area (Å²) in [5, 5.41) is 1.73. The fourth-order valence-electron chi connectivity index (χ4n) is 2.33. The average Bonchev–Trinajstić information content (AvgIpc) is 2.80. The highest BCUT2D eigenvalue weighted by atomic mass is 16.1. The summed E-state index contributed by atoms with van der Waals surface area (Å²) in [5.41, 5.74) is 1.12. The van der Waals surface area contributed by atoms with Crippen molar-refractivity contribution >= 4 is 16.6 Å². The molecule has 1 aliphatic rings. The molecule has 1 aliphatic heterocycles. The van der Waals surface area contributed by atoms with Crippen LogP contribution in [-0.2, 0) is 7.05 Å². The molecule has 4 heteroatoms. The van der Waals surface area contributed by atoms with Crippen molar-refractivity contribution < 1.29 is 0 Å². The van der Waals surface area contributed by atoms with Gasteiger partial charge in [0.2, 0.25) is 0 Å². The summed E-state index contributed by atoms with van der Waals surface area (Å²) in [7, 11) is 3.81. The molecule has 0 saturated heterocycles. The summed E-state index contributed by atoms with van der Waals surface area (Å²) >= 11 is 0. The molecular weight excluding hydrogens is 226 g/mol. The molecule has 0 bridgehead atoms. The van der Waals surface area contributed by atoms with Crippen LogP contribution in [0.1, 0.15) is 5.56 Å². The fraction of sp³-hybridized carbons (Fsp3) is 0.286. The molecule has 92 valence electrons. The van der Waals surface area contributed by atoms with E-state index in [2.05, 4.69) is 9.89 Å². The Hall–Kier alpha value is -2.10. The van der Waals surface area contributed by atoms with E-state index in [1.54, 1.807) is 17.8 Å². The zero-order valence-corrected chi connectivity index (χ0v) is 10.6. The number of likely N-dealkylation sites (N-methyl/N-ethyl adjacent to an activating group) is 1. The smallest absolute Gasteiger partial charge is 0.258 e. The number of rotatable bonds is 1. The summed E-state index contributed by atoms with van der Waals surface area (Å²) in [6, 6.07) is 7.87. The minimum Gasteiger partial charge on any atom is -0.358 e. The molecule has 0 saturated carbocycles. The number of hydrogen-bond donors (Lipinski definition) is 0. The monoisotopic (exact) mass is 241 g/mol. The highest BCUT2D eigenvalue weighted by molar-refractivity contribution is 6.02. The van der Waals surface area contributed by atoms with Gasteiger partial charge in [-0.3, -0.25) is 9.79 Å². The first-order valence-corrected chi connectivity index (χ1v) is 6.02. The molecule has 0 unspecified atom stereocenters. The number of hydrogen-bond acceptors (Lipinski definition) is 3. The predicted molar refractivity (Wildman–Crippen MR) is 73.2 cm³/mol. The lowest BCUT2D eigenvalue weighted by atomic mass is 10.1. The highest BCUT2D eigenvalue weighted by Crippen LogP contribution is 2.16. The Balaban J connectivity index is 2.18. The second-order valence-corrected chi connectivity index (χ2v) is 4.66. The van der Waals surface area contributed by atoms with Crippen LogP contribution >= 0.6 is 0 Å². The Kier molecular flexibility index (Phi) is 2.44. The van der Waals surface area contributed by atoms with E-state index < -0.39 is 0 Å². The number of fused-ring (bicyclic) bond motifs is 1. The predicted octanol–water partition coefficient (Wildman–Crippen LogP) is 1.23. The van der Waals surface area contributed by atoms with Crippen LogP contribution in [0.5, 0.6) is 0 Å². The summed E-state index contributed by atoms with van der Waals surface area (Å²) in [6.07, 6.45) is 1.80. The van der Waals surface area contributed by atoms with E-state index in [1.165, 1.54) is 0 Å². The van der Waals surface area contributed by atoms with Crippen LogP contribution in [0.15, 0.2) is 40.2 Å². The van der Waals surface area contributed by atoms with Crippen molar-refractivity contribution in [3.8, 4) is 0 Å². The summed E-state index contributed by atoms with van der Waals surface area (Å²) in [4.78, 5) is 18.6. The van der Waals surface area contributed by atoms with Gasteiger partial charge in [0.15, 0.2) is 0 Å². The van der Waals surface area contributed by atoms with Crippen LogP contribution in [0.25, 0.3) is 10.8 Å². The maximum absolute atomic E-state index is 11.9. The lowest BCUT2D eigenvalue weighted by Crippen LogP contribution is -2.23. The van der Waals surface area contributed by atoms with Crippen molar-refractivity contribution in [1.82, 2.24) is 9.47 Å². The standard InChI is InChI=1S/C14H15N3O/c1-16-8-6-15-13(16)11-3-4-12-10(9-11)5-7-17(2)14(12)18/h3-5,7,9H,6,8H2,1-2H3. The Morgan fingerprint density at radius 3 is 2.78 bits per heavy atom. The van der Waals surface area contributed by atoms with Gasteiger partial charge in [0.1, 0.15) is 5.84 Å². The van der Waals surface area contributed by atoms with Crippen LogP contribution in [0.2, 0.25) is 0 Å². The summed E-state index contributed by atoms with van der Waals surface area (Å²) in [5.74, 6) is 1.01. The van der Waals surface area contributed by atoms with Gasteiger partial charge in [0, 0.05) is 37.8 Å². The van der Waals surface area contributed by atoms with Crippen LogP contribution in [0.4, 0.5) is 0 Å². The number of aliphatic imine (C=N–C) groups is 1. The minimum absolute atomic E-state index is 0.0424. The third-order valence-corrected chi connectivity index (χ3v) is 3.40. The Labute approximate surface area is 105 Å². The number of amidine groups is 1. The van der Waals surface area contributed by atoms with Gasteiger partial charge in [-0.1, -0.05) is 6.07 Å².